The number of likely N-dealkylation sites (N-methyl/N-ethyl adjacent to an activating group) is 2. The van der Waals surface area contributed by atoms with E-state index in [0.717, 1.165) is 12.7 Å². The average Bonchev–Trinajstić information content (AvgIpc) is 2.54. The Morgan fingerprint density at radius 2 is 1.65 bits per heavy atom. The van der Waals surface area contributed by atoms with E-state index in [9.17, 15) is 19.5 Å². The summed E-state index contributed by atoms with van der Waals surface area (Å²) in [5.74, 6) is -0.586. The summed E-state index contributed by atoms with van der Waals surface area (Å²) in [6.45, 7) is 7.03. The first kappa shape index (κ1) is 21.5. The van der Waals surface area contributed by atoms with Gasteiger partial charge in [0.05, 0.1) is 6.10 Å². The van der Waals surface area contributed by atoms with Gasteiger partial charge >= 0.3 is 0 Å². The number of rotatable bonds is 9. The van der Waals surface area contributed by atoms with Crippen LogP contribution in [0.2, 0.25) is 0 Å². The van der Waals surface area contributed by atoms with Gasteiger partial charge in [0.15, 0.2) is 0 Å². The van der Waals surface area contributed by atoms with Gasteiger partial charge in [-0.05, 0) is 19.8 Å². The van der Waals surface area contributed by atoms with Crippen molar-refractivity contribution in [2.24, 2.45) is 11.7 Å². The molecular formula is C16H31N3O4. The minimum Gasteiger partial charge on any atom is -0.391 e. The third-order valence-corrected chi connectivity index (χ3v) is 4.57. The fraction of sp³-hybridized carbons (Fsp3) is 0.812. The molecule has 0 radical (unpaired) electrons. The summed E-state index contributed by atoms with van der Waals surface area (Å²) < 4.78 is 0. The Bertz CT molecular complexity index is 414. The molecule has 0 aromatic rings. The third kappa shape index (κ3) is 5.58. The van der Waals surface area contributed by atoms with Gasteiger partial charge in [-0.2, -0.15) is 0 Å². The highest BCUT2D eigenvalue weighted by atomic mass is 16.3. The number of aldehydes is 1. The van der Waals surface area contributed by atoms with Crippen molar-refractivity contribution >= 4 is 18.1 Å². The maximum absolute atomic E-state index is 12.6. The molecule has 5 atom stereocenters. The Morgan fingerprint density at radius 3 is 2.04 bits per heavy atom. The number of hydrogen-bond donors (Lipinski definition) is 2. The second-order valence-electron chi connectivity index (χ2n) is 6.20. The molecule has 7 nitrogen and oxygen atoms in total. The summed E-state index contributed by atoms with van der Waals surface area (Å²) in [6.07, 6.45) is 0.915. The second kappa shape index (κ2) is 9.62. The quantitative estimate of drug-likeness (QED) is 0.580. The number of carbonyl (C=O) groups excluding carboxylic acids is 3. The Balaban J connectivity index is 5.10. The molecule has 0 aliphatic rings. The fourth-order valence-electron chi connectivity index (χ4n) is 2.40. The van der Waals surface area contributed by atoms with Gasteiger partial charge in [0, 0.05) is 26.6 Å². The Kier molecular flexibility index (Phi) is 9.01. The van der Waals surface area contributed by atoms with E-state index < -0.39 is 24.1 Å². The van der Waals surface area contributed by atoms with Crippen LogP contribution in [0, 0.1) is 5.92 Å². The lowest BCUT2D eigenvalue weighted by atomic mass is 9.95. The number of nitrogens with two attached hydrogens (primary N) is 1. The fourth-order valence-corrected chi connectivity index (χ4v) is 2.40. The van der Waals surface area contributed by atoms with Gasteiger partial charge in [-0.1, -0.05) is 20.3 Å². The first-order valence-electron chi connectivity index (χ1n) is 8.00. The molecule has 0 bridgehead atoms. The van der Waals surface area contributed by atoms with Gasteiger partial charge < -0.3 is 25.4 Å². The zero-order valence-corrected chi connectivity index (χ0v) is 15.0. The molecule has 0 saturated carbocycles. The molecule has 0 fully saturated rings. The van der Waals surface area contributed by atoms with Crippen LogP contribution < -0.4 is 5.73 Å². The van der Waals surface area contributed by atoms with Crippen molar-refractivity contribution in [3.63, 3.8) is 0 Å². The zero-order valence-electron chi connectivity index (χ0n) is 15.0. The van der Waals surface area contributed by atoms with Crippen LogP contribution in [0.5, 0.6) is 0 Å². The van der Waals surface area contributed by atoms with Crippen LogP contribution in [0.3, 0.4) is 0 Å². The van der Waals surface area contributed by atoms with Crippen molar-refractivity contribution in [3.8, 4) is 0 Å². The summed E-state index contributed by atoms with van der Waals surface area (Å²) in [4.78, 5) is 38.4. The number of nitrogens with zero attached hydrogens (tertiary/aromatic N) is 2. The van der Waals surface area contributed by atoms with E-state index in [1.807, 2.05) is 13.8 Å². The Morgan fingerprint density at radius 1 is 1.13 bits per heavy atom. The monoisotopic (exact) mass is 329 g/mol. The van der Waals surface area contributed by atoms with E-state index >= 15 is 0 Å². The molecule has 0 aliphatic heterocycles. The Hall–Kier alpha value is -1.47. The summed E-state index contributed by atoms with van der Waals surface area (Å²) in [5, 5.41) is 9.43. The second-order valence-corrected chi connectivity index (χ2v) is 6.20. The van der Waals surface area contributed by atoms with Gasteiger partial charge in [-0.25, -0.2) is 0 Å². The molecule has 0 saturated heterocycles. The normalized spacial score (nSPS) is 17.6. The van der Waals surface area contributed by atoms with E-state index in [2.05, 4.69) is 0 Å². The van der Waals surface area contributed by atoms with E-state index in [-0.39, 0.29) is 24.3 Å². The van der Waals surface area contributed by atoms with Crippen LogP contribution in [0.25, 0.3) is 0 Å². The summed E-state index contributed by atoms with van der Waals surface area (Å²) in [7, 11) is 3.13. The van der Waals surface area contributed by atoms with E-state index in [4.69, 9.17) is 5.73 Å². The Labute approximate surface area is 138 Å². The van der Waals surface area contributed by atoms with Crippen LogP contribution in [-0.4, -0.2) is 71.3 Å². The largest absolute Gasteiger partial charge is 0.391 e. The standard InChI is InChI=1S/C16H31N3O4/c1-7-10(2)13(8-9-20)19(6)15(22)11(3)18(5)16(23)14(17)12(4)21/h9-14,21H,7-8,17H2,1-6H3/t10-,11?,12+,13+,14-/m0/s1. The van der Waals surface area contributed by atoms with Crippen LogP contribution >= 0.6 is 0 Å². The summed E-state index contributed by atoms with van der Waals surface area (Å²) in [5.41, 5.74) is 5.64. The van der Waals surface area contributed by atoms with Crippen molar-refractivity contribution in [2.45, 2.75) is 64.8 Å². The van der Waals surface area contributed by atoms with E-state index in [0.29, 0.717) is 0 Å². The minimum absolute atomic E-state index is 0.169. The summed E-state index contributed by atoms with van der Waals surface area (Å²) >= 11 is 0. The van der Waals surface area contributed by atoms with Crippen molar-refractivity contribution in [1.82, 2.24) is 9.80 Å². The zero-order chi connectivity index (χ0) is 18.3. The van der Waals surface area contributed by atoms with Gasteiger partial charge in [-0.15, -0.1) is 0 Å². The van der Waals surface area contributed by atoms with Gasteiger partial charge in [-0.3, -0.25) is 9.59 Å². The molecule has 0 spiro atoms. The van der Waals surface area contributed by atoms with Crippen molar-refractivity contribution < 1.29 is 19.5 Å². The van der Waals surface area contributed by atoms with Crippen molar-refractivity contribution in [3.05, 3.63) is 0 Å². The smallest absolute Gasteiger partial charge is 0.245 e. The van der Waals surface area contributed by atoms with Crippen molar-refractivity contribution in [1.29, 1.82) is 0 Å². The first-order valence-corrected chi connectivity index (χ1v) is 8.00. The molecule has 3 N–H and O–H groups in total. The van der Waals surface area contributed by atoms with Crippen molar-refractivity contribution in [2.75, 3.05) is 14.1 Å². The first-order chi connectivity index (χ1) is 10.6. The molecule has 7 heteroatoms. The highest BCUT2D eigenvalue weighted by Crippen LogP contribution is 2.18. The van der Waals surface area contributed by atoms with Gasteiger partial charge in [0.2, 0.25) is 11.8 Å². The third-order valence-electron chi connectivity index (χ3n) is 4.57. The van der Waals surface area contributed by atoms with E-state index in [1.165, 1.54) is 23.8 Å². The molecule has 23 heavy (non-hydrogen) atoms. The predicted molar refractivity (Wildman–Crippen MR) is 88.6 cm³/mol. The molecule has 1 unspecified atom stereocenters. The predicted octanol–water partition coefficient (Wildman–Crippen LogP) is 0.00350. The highest BCUT2D eigenvalue weighted by molar-refractivity contribution is 5.89. The lowest BCUT2D eigenvalue weighted by Crippen LogP contribution is -2.55. The molecular weight excluding hydrogens is 298 g/mol. The molecule has 134 valence electrons. The van der Waals surface area contributed by atoms with Crippen LogP contribution in [0.1, 0.15) is 40.5 Å². The van der Waals surface area contributed by atoms with Crippen LogP contribution in [0.15, 0.2) is 0 Å². The topological polar surface area (TPSA) is 104 Å². The maximum atomic E-state index is 12.6. The number of carbonyl (C=O) groups is 3. The van der Waals surface area contributed by atoms with Gasteiger partial charge in [0.25, 0.3) is 0 Å². The van der Waals surface area contributed by atoms with Gasteiger partial charge in [0.1, 0.15) is 18.4 Å². The lowest BCUT2D eigenvalue weighted by molar-refractivity contribution is -0.146. The number of amides is 2. The SMILES string of the molecule is CC[C@H](C)[C@@H](CC=O)N(C)C(=O)C(C)N(C)C(=O)[C@@H](N)[C@@H](C)O. The number of hydrogen-bond acceptors (Lipinski definition) is 5. The molecule has 2 amide bonds. The average molecular weight is 329 g/mol. The van der Waals surface area contributed by atoms with Crippen LogP contribution in [0.4, 0.5) is 0 Å². The molecule has 0 rings (SSSR count). The molecule has 0 heterocycles. The number of aliphatic hydroxyl groups is 1. The number of aliphatic hydroxyl groups excluding tert-OH is 1. The van der Waals surface area contributed by atoms with E-state index in [1.54, 1.807) is 14.0 Å². The lowest BCUT2D eigenvalue weighted by Gasteiger charge is -2.36. The van der Waals surface area contributed by atoms with Crippen LogP contribution in [-0.2, 0) is 14.4 Å². The highest BCUT2D eigenvalue weighted by Gasteiger charge is 2.33. The summed E-state index contributed by atoms with van der Waals surface area (Å²) in [6, 6.07) is -2.00. The maximum Gasteiger partial charge on any atom is 0.245 e. The minimum atomic E-state index is -1.07. The molecule has 0 aromatic heterocycles. The molecule has 0 aliphatic carbocycles. The molecule has 0 aromatic carbocycles.